The molecule has 0 spiro atoms. The number of imide groups is 1. The van der Waals surface area contributed by atoms with Gasteiger partial charge in [-0.15, -0.1) is 0 Å². The van der Waals surface area contributed by atoms with E-state index in [0.29, 0.717) is 32.5 Å². The fraction of sp³-hybridized carbons (Fsp3) is 0.0800. The van der Waals surface area contributed by atoms with Crippen LogP contribution in [0.25, 0.3) is 6.08 Å². The molecule has 1 aliphatic rings. The van der Waals surface area contributed by atoms with Gasteiger partial charge in [-0.2, -0.15) is 0 Å². The molecule has 1 heterocycles. The number of esters is 1. The number of hydrogen-bond acceptors (Lipinski definition) is 5. The van der Waals surface area contributed by atoms with Crippen LogP contribution in [0, 0.1) is 6.92 Å². The standard InChI is InChI=1S/C25H17Cl2NO4S/c1-15-8-10-17(11-9-15)24(30)32-18-5-2-4-16(12-18)13-22-23(29)28(25(31)33-22)14-19-20(26)6-3-7-21(19)27/h2-13H,14H2,1H3/b22-13-. The van der Waals surface area contributed by atoms with E-state index in [1.807, 2.05) is 19.1 Å². The summed E-state index contributed by atoms with van der Waals surface area (Å²) < 4.78 is 5.45. The molecule has 4 rings (SSSR count). The molecule has 8 heteroatoms. The van der Waals surface area contributed by atoms with Crippen LogP contribution < -0.4 is 4.74 Å². The molecule has 0 atom stereocenters. The van der Waals surface area contributed by atoms with Crippen molar-refractivity contribution in [2.45, 2.75) is 13.5 Å². The third kappa shape index (κ3) is 5.30. The van der Waals surface area contributed by atoms with Crippen molar-refractivity contribution in [3.8, 4) is 5.75 Å². The predicted octanol–water partition coefficient (Wildman–Crippen LogP) is 6.76. The van der Waals surface area contributed by atoms with Gasteiger partial charge >= 0.3 is 5.97 Å². The maximum atomic E-state index is 12.9. The Morgan fingerprint density at radius 1 is 1.00 bits per heavy atom. The van der Waals surface area contributed by atoms with E-state index in [1.54, 1.807) is 60.7 Å². The first-order valence-corrected chi connectivity index (χ1v) is 11.5. The number of nitrogens with zero attached hydrogens (tertiary/aromatic N) is 1. The second-order valence-electron chi connectivity index (χ2n) is 7.30. The highest BCUT2D eigenvalue weighted by Crippen LogP contribution is 2.36. The van der Waals surface area contributed by atoms with Gasteiger partial charge in [-0.3, -0.25) is 14.5 Å². The van der Waals surface area contributed by atoms with Crippen LogP contribution in [0.5, 0.6) is 5.75 Å². The van der Waals surface area contributed by atoms with Gasteiger partial charge in [0.25, 0.3) is 11.1 Å². The zero-order chi connectivity index (χ0) is 23.5. The summed E-state index contributed by atoms with van der Waals surface area (Å²) in [6, 6.07) is 18.8. The van der Waals surface area contributed by atoms with Gasteiger partial charge in [0.05, 0.1) is 17.0 Å². The minimum Gasteiger partial charge on any atom is -0.423 e. The second-order valence-corrected chi connectivity index (χ2v) is 9.10. The molecule has 3 aromatic carbocycles. The van der Waals surface area contributed by atoms with E-state index >= 15 is 0 Å². The van der Waals surface area contributed by atoms with Crippen LogP contribution in [0.15, 0.2) is 71.6 Å². The van der Waals surface area contributed by atoms with Crippen LogP contribution in [0.2, 0.25) is 10.0 Å². The molecule has 33 heavy (non-hydrogen) atoms. The van der Waals surface area contributed by atoms with E-state index in [-0.39, 0.29) is 11.4 Å². The summed E-state index contributed by atoms with van der Waals surface area (Å²) in [6.07, 6.45) is 1.59. The lowest BCUT2D eigenvalue weighted by Gasteiger charge is -2.14. The van der Waals surface area contributed by atoms with Gasteiger partial charge in [-0.1, -0.05) is 59.1 Å². The van der Waals surface area contributed by atoms with Crippen LogP contribution in [0.3, 0.4) is 0 Å². The normalized spacial score (nSPS) is 14.8. The summed E-state index contributed by atoms with van der Waals surface area (Å²) in [7, 11) is 0. The Kier molecular flexibility index (Phi) is 6.88. The summed E-state index contributed by atoms with van der Waals surface area (Å²) in [5.41, 5.74) is 2.60. The molecule has 0 unspecified atom stereocenters. The van der Waals surface area contributed by atoms with Crippen LogP contribution in [0.1, 0.15) is 27.0 Å². The van der Waals surface area contributed by atoms with Crippen molar-refractivity contribution in [1.29, 1.82) is 0 Å². The van der Waals surface area contributed by atoms with Gasteiger partial charge in [0.2, 0.25) is 0 Å². The molecule has 0 bridgehead atoms. The first kappa shape index (κ1) is 23.1. The molecule has 2 amide bonds. The van der Waals surface area contributed by atoms with Crippen molar-refractivity contribution in [3.05, 3.63) is 104 Å². The van der Waals surface area contributed by atoms with Gasteiger partial charge in [0, 0.05) is 15.6 Å². The Hall–Kier alpha value is -3.06. The molecule has 0 aromatic heterocycles. The fourth-order valence-corrected chi connectivity index (χ4v) is 4.51. The number of rotatable bonds is 5. The van der Waals surface area contributed by atoms with Crippen molar-refractivity contribution in [2.75, 3.05) is 0 Å². The quantitative estimate of drug-likeness (QED) is 0.221. The zero-order valence-electron chi connectivity index (χ0n) is 17.4. The summed E-state index contributed by atoms with van der Waals surface area (Å²) in [5.74, 6) is -0.594. The first-order valence-electron chi connectivity index (χ1n) is 9.89. The summed E-state index contributed by atoms with van der Waals surface area (Å²) in [6.45, 7) is 1.91. The molecule has 0 aliphatic carbocycles. The predicted molar refractivity (Wildman–Crippen MR) is 131 cm³/mol. The van der Waals surface area contributed by atoms with Gasteiger partial charge in [-0.25, -0.2) is 4.79 Å². The van der Waals surface area contributed by atoms with E-state index in [1.165, 1.54) is 0 Å². The molecular weight excluding hydrogens is 481 g/mol. The van der Waals surface area contributed by atoms with Crippen LogP contribution in [0.4, 0.5) is 4.79 Å². The molecule has 1 fully saturated rings. The Morgan fingerprint density at radius 3 is 2.36 bits per heavy atom. The van der Waals surface area contributed by atoms with E-state index in [0.717, 1.165) is 22.2 Å². The smallest absolute Gasteiger partial charge is 0.343 e. The molecule has 1 saturated heterocycles. The monoisotopic (exact) mass is 497 g/mol. The maximum absolute atomic E-state index is 12.9. The van der Waals surface area contributed by atoms with Crippen LogP contribution >= 0.6 is 35.0 Å². The number of amides is 2. The van der Waals surface area contributed by atoms with Gasteiger partial charge < -0.3 is 4.74 Å². The van der Waals surface area contributed by atoms with Crippen molar-refractivity contribution in [3.63, 3.8) is 0 Å². The highest BCUT2D eigenvalue weighted by molar-refractivity contribution is 8.18. The minimum absolute atomic E-state index is 0.0191. The van der Waals surface area contributed by atoms with Gasteiger partial charge in [0.15, 0.2) is 0 Å². The average Bonchev–Trinajstić information content (AvgIpc) is 3.04. The minimum atomic E-state index is -0.482. The molecule has 0 N–H and O–H groups in total. The molecule has 0 saturated carbocycles. The molecule has 1 aliphatic heterocycles. The Morgan fingerprint density at radius 2 is 1.67 bits per heavy atom. The number of halogens is 2. The number of aryl methyl sites for hydroxylation is 1. The Balaban J connectivity index is 1.51. The largest absolute Gasteiger partial charge is 0.423 e. The fourth-order valence-electron chi connectivity index (χ4n) is 3.15. The van der Waals surface area contributed by atoms with Crippen LogP contribution in [-0.2, 0) is 11.3 Å². The SMILES string of the molecule is Cc1ccc(C(=O)Oc2cccc(/C=C3\SC(=O)N(Cc4c(Cl)cccc4Cl)C3=O)c2)cc1. The van der Waals surface area contributed by atoms with Crippen molar-refractivity contribution in [2.24, 2.45) is 0 Å². The lowest BCUT2D eigenvalue weighted by Crippen LogP contribution is -2.27. The third-order valence-electron chi connectivity index (χ3n) is 4.91. The summed E-state index contributed by atoms with van der Waals surface area (Å²) in [4.78, 5) is 39.1. The first-order chi connectivity index (χ1) is 15.8. The highest BCUT2D eigenvalue weighted by Gasteiger charge is 2.35. The van der Waals surface area contributed by atoms with E-state index in [9.17, 15) is 14.4 Å². The van der Waals surface area contributed by atoms with Gasteiger partial charge in [-0.05, 0) is 66.7 Å². The number of carbonyl (C=O) groups excluding carboxylic acids is 3. The van der Waals surface area contributed by atoms with Crippen molar-refractivity contribution >= 4 is 58.2 Å². The average molecular weight is 498 g/mol. The molecule has 3 aromatic rings. The number of thioether (sulfide) groups is 1. The van der Waals surface area contributed by atoms with Crippen molar-refractivity contribution in [1.82, 2.24) is 4.90 Å². The molecule has 5 nitrogen and oxygen atoms in total. The Labute approximate surface area is 204 Å². The lowest BCUT2D eigenvalue weighted by atomic mass is 10.1. The van der Waals surface area contributed by atoms with Crippen molar-refractivity contribution < 1.29 is 19.1 Å². The van der Waals surface area contributed by atoms with Gasteiger partial charge in [0.1, 0.15) is 5.75 Å². The lowest BCUT2D eigenvalue weighted by molar-refractivity contribution is -0.123. The zero-order valence-corrected chi connectivity index (χ0v) is 19.7. The van der Waals surface area contributed by atoms with E-state index in [2.05, 4.69) is 0 Å². The topological polar surface area (TPSA) is 63.7 Å². The summed E-state index contributed by atoms with van der Waals surface area (Å²) >= 11 is 13.2. The highest BCUT2D eigenvalue weighted by atomic mass is 35.5. The number of benzene rings is 3. The third-order valence-corrected chi connectivity index (χ3v) is 6.52. The van der Waals surface area contributed by atoms with E-state index in [4.69, 9.17) is 27.9 Å². The number of hydrogen-bond donors (Lipinski definition) is 0. The maximum Gasteiger partial charge on any atom is 0.343 e. The number of ether oxygens (including phenoxy) is 1. The number of carbonyl (C=O) groups is 3. The summed E-state index contributed by atoms with van der Waals surface area (Å²) in [5, 5.41) is 0.353. The second kappa shape index (κ2) is 9.83. The Bertz CT molecular complexity index is 1270. The molecular formula is C25H17Cl2NO4S. The van der Waals surface area contributed by atoms with Crippen LogP contribution in [-0.4, -0.2) is 22.0 Å². The van der Waals surface area contributed by atoms with E-state index < -0.39 is 17.1 Å². The molecule has 0 radical (unpaired) electrons. The molecule has 166 valence electrons.